The monoisotopic (exact) mass is 240 g/mol. The van der Waals surface area contributed by atoms with E-state index in [9.17, 15) is 0 Å². The van der Waals surface area contributed by atoms with Gasteiger partial charge in [-0.3, -0.25) is 4.90 Å². The summed E-state index contributed by atoms with van der Waals surface area (Å²) in [5, 5.41) is 0. The Morgan fingerprint density at radius 3 is 2.38 bits per heavy atom. The SMILES string of the molecule is CSC1(CN2C3CCCC2CC(N)C3)CC1. The summed E-state index contributed by atoms with van der Waals surface area (Å²) in [6, 6.07) is 2.11. The van der Waals surface area contributed by atoms with Crippen LogP contribution in [0.3, 0.4) is 0 Å². The maximum Gasteiger partial charge on any atom is 0.0285 e. The highest BCUT2D eigenvalue weighted by Crippen LogP contribution is 2.49. The highest BCUT2D eigenvalue weighted by molar-refractivity contribution is 8.00. The first-order valence-electron chi connectivity index (χ1n) is 6.79. The van der Waals surface area contributed by atoms with Crippen LogP contribution in [0.4, 0.5) is 0 Å². The molecular formula is C13H24N2S. The number of thioether (sulfide) groups is 1. The zero-order valence-electron chi connectivity index (χ0n) is 10.3. The Morgan fingerprint density at radius 2 is 1.88 bits per heavy atom. The zero-order valence-corrected chi connectivity index (χ0v) is 11.1. The van der Waals surface area contributed by atoms with Crippen LogP contribution in [0.25, 0.3) is 0 Å². The van der Waals surface area contributed by atoms with Gasteiger partial charge in [0.05, 0.1) is 0 Å². The number of hydrogen-bond donors (Lipinski definition) is 1. The lowest BCUT2D eigenvalue weighted by Gasteiger charge is -2.49. The predicted octanol–water partition coefficient (Wildman–Crippen LogP) is 2.23. The van der Waals surface area contributed by atoms with Crippen molar-refractivity contribution >= 4 is 11.8 Å². The lowest BCUT2D eigenvalue weighted by molar-refractivity contribution is 0.0306. The molecule has 2 saturated heterocycles. The molecule has 16 heavy (non-hydrogen) atoms. The van der Waals surface area contributed by atoms with Gasteiger partial charge < -0.3 is 5.73 Å². The van der Waals surface area contributed by atoms with Crippen LogP contribution in [0.5, 0.6) is 0 Å². The molecule has 0 aromatic carbocycles. The van der Waals surface area contributed by atoms with Crippen LogP contribution in [0, 0.1) is 0 Å². The first kappa shape index (κ1) is 11.4. The molecule has 2 bridgehead atoms. The van der Waals surface area contributed by atoms with E-state index in [4.69, 9.17) is 5.73 Å². The summed E-state index contributed by atoms with van der Waals surface area (Å²) in [7, 11) is 0. The van der Waals surface area contributed by atoms with Crippen molar-refractivity contribution in [3.05, 3.63) is 0 Å². The molecule has 2 unspecified atom stereocenters. The molecular weight excluding hydrogens is 216 g/mol. The van der Waals surface area contributed by atoms with E-state index in [1.54, 1.807) is 0 Å². The number of hydrogen-bond acceptors (Lipinski definition) is 3. The molecule has 3 aliphatic rings. The molecule has 2 atom stereocenters. The van der Waals surface area contributed by atoms with Gasteiger partial charge in [0.2, 0.25) is 0 Å². The summed E-state index contributed by atoms with van der Waals surface area (Å²) in [6.07, 6.45) is 11.9. The smallest absolute Gasteiger partial charge is 0.0285 e. The minimum Gasteiger partial charge on any atom is -0.328 e. The minimum absolute atomic E-state index is 0.482. The molecule has 1 saturated carbocycles. The summed E-state index contributed by atoms with van der Waals surface area (Å²) in [6.45, 7) is 1.34. The molecule has 1 aliphatic carbocycles. The van der Waals surface area contributed by atoms with E-state index >= 15 is 0 Å². The Balaban J connectivity index is 1.69. The molecule has 2 nitrogen and oxygen atoms in total. The van der Waals surface area contributed by atoms with Crippen molar-refractivity contribution in [1.29, 1.82) is 0 Å². The highest BCUT2D eigenvalue weighted by Gasteiger charge is 2.47. The lowest BCUT2D eigenvalue weighted by Crippen LogP contribution is -2.57. The molecule has 2 N–H and O–H groups in total. The van der Waals surface area contributed by atoms with Crippen molar-refractivity contribution in [3.63, 3.8) is 0 Å². The van der Waals surface area contributed by atoms with Gasteiger partial charge in [-0.2, -0.15) is 11.8 Å². The zero-order chi connectivity index (χ0) is 11.2. The third-order valence-electron chi connectivity index (χ3n) is 4.87. The lowest BCUT2D eigenvalue weighted by atomic mass is 9.82. The van der Waals surface area contributed by atoms with Gasteiger partial charge in [-0.1, -0.05) is 6.42 Å². The standard InChI is InChI=1S/C13H24N2S/c1-16-13(5-6-13)9-15-11-3-2-4-12(15)8-10(14)7-11/h10-12H,2-9,14H2,1H3. The summed E-state index contributed by atoms with van der Waals surface area (Å²) >= 11 is 2.10. The van der Waals surface area contributed by atoms with Crippen molar-refractivity contribution in [2.24, 2.45) is 5.73 Å². The van der Waals surface area contributed by atoms with Crippen LogP contribution in [-0.4, -0.2) is 40.6 Å². The first-order valence-corrected chi connectivity index (χ1v) is 8.01. The highest BCUT2D eigenvalue weighted by atomic mass is 32.2. The van der Waals surface area contributed by atoms with E-state index in [1.165, 1.54) is 51.5 Å². The molecule has 3 heteroatoms. The van der Waals surface area contributed by atoms with E-state index in [-0.39, 0.29) is 0 Å². The van der Waals surface area contributed by atoms with Gasteiger partial charge in [-0.25, -0.2) is 0 Å². The van der Waals surface area contributed by atoms with Crippen LogP contribution in [0.1, 0.15) is 44.9 Å². The molecule has 0 radical (unpaired) electrons. The molecule has 3 fully saturated rings. The maximum absolute atomic E-state index is 6.17. The quantitative estimate of drug-likeness (QED) is 0.820. The second-order valence-electron chi connectivity index (χ2n) is 6.03. The molecule has 2 aliphatic heterocycles. The normalized spacial score (nSPS) is 42.0. The van der Waals surface area contributed by atoms with Crippen molar-refractivity contribution in [2.45, 2.75) is 67.8 Å². The summed E-state index contributed by atoms with van der Waals surface area (Å²) in [4.78, 5) is 2.83. The van der Waals surface area contributed by atoms with Crippen molar-refractivity contribution in [2.75, 3.05) is 12.8 Å². The van der Waals surface area contributed by atoms with Crippen molar-refractivity contribution in [3.8, 4) is 0 Å². The molecule has 3 rings (SSSR count). The maximum atomic E-state index is 6.17. The van der Waals surface area contributed by atoms with Gasteiger partial charge in [0.25, 0.3) is 0 Å². The van der Waals surface area contributed by atoms with E-state index in [0.717, 1.165) is 12.1 Å². The van der Waals surface area contributed by atoms with Gasteiger partial charge >= 0.3 is 0 Å². The summed E-state index contributed by atoms with van der Waals surface area (Å²) < 4.78 is 0.634. The van der Waals surface area contributed by atoms with Crippen molar-refractivity contribution in [1.82, 2.24) is 4.90 Å². The molecule has 0 spiro atoms. The van der Waals surface area contributed by atoms with Gasteiger partial charge in [0.1, 0.15) is 0 Å². The van der Waals surface area contributed by atoms with Crippen LogP contribution in [0.15, 0.2) is 0 Å². The second kappa shape index (κ2) is 4.18. The molecule has 92 valence electrons. The third kappa shape index (κ3) is 2.02. The van der Waals surface area contributed by atoms with E-state index in [2.05, 4.69) is 22.9 Å². The van der Waals surface area contributed by atoms with Gasteiger partial charge in [-0.05, 0) is 44.8 Å². The number of nitrogens with two attached hydrogens (primary N) is 1. The Bertz CT molecular complexity index is 251. The summed E-state index contributed by atoms with van der Waals surface area (Å²) in [5.41, 5.74) is 6.17. The molecule has 2 heterocycles. The van der Waals surface area contributed by atoms with E-state index in [0.29, 0.717) is 10.8 Å². The topological polar surface area (TPSA) is 29.3 Å². The van der Waals surface area contributed by atoms with Gasteiger partial charge in [0.15, 0.2) is 0 Å². The summed E-state index contributed by atoms with van der Waals surface area (Å²) in [5.74, 6) is 0. The minimum atomic E-state index is 0.482. The largest absolute Gasteiger partial charge is 0.328 e. The van der Waals surface area contributed by atoms with Crippen LogP contribution in [0.2, 0.25) is 0 Å². The average molecular weight is 240 g/mol. The number of rotatable bonds is 3. The molecule has 0 aromatic heterocycles. The van der Waals surface area contributed by atoms with Crippen LogP contribution >= 0.6 is 11.8 Å². The number of fused-ring (bicyclic) bond motifs is 2. The first-order chi connectivity index (χ1) is 7.72. The average Bonchev–Trinajstić information content (AvgIpc) is 3.00. The Hall–Kier alpha value is 0.270. The fourth-order valence-electron chi connectivity index (χ4n) is 3.68. The Kier molecular flexibility index (Phi) is 2.97. The molecule has 0 aromatic rings. The Labute approximate surface area is 103 Å². The third-order valence-corrected chi connectivity index (χ3v) is 6.28. The van der Waals surface area contributed by atoms with E-state index in [1.807, 2.05) is 0 Å². The number of nitrogens with zero attached hydrogens (tertiary/aromatic N) is 1. The van der Waals surface area contributed by atoms with Crippen LogP contribution in [-0.2, 0) is 0 Å². The Morgan fingerprint density at radius 1 is 1.25 bits per heavy atom. The number of piperidine rings is 2. The van der Waals surface area contributed by atoms with Gasteiger partial charge in [-0.15, -0.1) is 0 Å². The molecule has 0 amide bonds. The van der Waals surface area contributed by atoms with E-state index < -0.39 is 0 Å². The fraction of sp³-hybridized carbons (Fsp3) is 1.00. The predicted molar refractivity (Wildman–Crippen MR) is 70.8 cm³/mol. The van der Waals surface area contributed by atoms with Crippen LogP contribution < -0.4 is 5.73 Å². The van der Waals surface area contributed by atoms with Gasteiger partial charge in [0, 0.05) is 29.4 Å². The fourth-order valence-corrected chi connectivity index (χ4v) is 4.47. The van der Waals surface area contributed by atoms with Crippen molar-refractivity contribution < 1.29 is 0 Å². The second-order valence-corrected chi connectivity index (χ2v) is 7.30.